The second-order valence-corrected chi connectivity index (χ2v) is 5.54. The van der Waals surface area contributed by atoms with Gasteiger partial charge in [-0.05, 0) is 43.5 Å². The zero-order valence-electron chi connectivity index (χ0n) is 11.5. The summed E-state index contributed by atoms with van der Waals surface area (Å²) in [6.45, 7) is 8.28. The second kappa shape index (κ2) is 5.70. The Morgan fingerprint density at radius 3 is 2.83 bits per heavy atom. The summed E-state index contributed by atoms with van der Waals surface area (Å²) in [5, 5.41) is 3.59. The first-order valence-electron chi connectivity index (χ1n) is 6.83. The van der Waals surface area contributed by atoms with Crippen LogP contribution in [0.2, 0.25) is 0 Å². The molecule has 1 heterocycles. The van der Waals surface area contributed by atoms with Crippen LogP contribution >= 0.6 is 0 Å². The van der Waals surface area contributed by atoms with Crippen molar-refractivity contribution >= 4 is 5.69 Å². The summed E-state index contributed by atoms with van der Waals surface area (Å²) in [5.41, 5.74) is 1.87. The fraction of sp³-hybridized carbons (Fsp3) is 0.600. The van der Waals surface area contributed by atoms with Gasteiger partial charge in [-0.2, -0.15) is 0 Å². The van der Waals surface area contributed by atoms with Gasteiger partial charge in [-0.15, -0.1) is 0 Å². The van der Waals surface area contributed by atoms with E-state index in [-0.39, 0.29) is 5.82 Å². The number of nitrogens with zero attached hydrogens (tertiary/aromatic N) is 1. The van der Waals surface area contributed by atoms with Crippen molar-refractivity contribution in [1.29, 1.82) is 0 Å². The summed E-state index contributed by atoms with van der Waals surface area (Å²) in [6.07, 6.45) is 2.43. The highest BCUT2D eigenvalue weighted by molar-refractivity contribution is 5.49. The molecule has 0 aromatic heterocycles. The molecule has 1 aliphatic heterocycles. The van der Waals surface area contributed by atoms with Gasteiger partial charge in [-0.3, -0.25) is 0 Å². The van der Waals surface area contributed by atoms with E-state index in [9.17, 15) is 4.39 Å². The van der Waals surface area contributed by atoms with E-state index in [1.807, 2.05) is 19.1 Å². The van der Waals surface area contributed by atoms with Gasteiger partial charge in [-0.25, -0.2) is 4.39 Å². The van der Waals surface area contributed by atoms with E-state index >= 15 is 0 Å². The van der Waals surface area contributed by atoms with E-state index in [2.05, 4.69) is 24.1 Å². The number of aryl methyl sites for hydroxylation is 1. The highest BCUT2D eigenvalue weighted by Crippen LogP contribution is 2.22. The Bertz CT molecular complexity index is 403. The Morgan fingerprint density at radius 1 is 1.39 bits per heavy atom. The average molecular weight is 250 g/mol. The Kier molecular flexibility index (Phi) is 4.23. The zero-order chi connectivity index (χ0) is 13.1. The van der Waals surface area contributed by atoms with Crippen LogP contribution < -0.4 is 10.2 Å². The molecule has 2 rings (SSSR count). The van der Waals surface area contributed by atoms with Crippen molar-refractivity contribution in [3.8, 4) is 0 Å². The number of rotatable bonds is 3. The van der Waals surface area contributed by atoms with Crippen molar-refractivity contribution in [2.24, 2.45) is 0 Å². The highest BCUT2D eigenvalue weighted by Gasteiger charge is 2.20. The van der Waals surface area contributed by atoms with Gasteiger partial charge in [0.25, 0.3) is 0 Å². The largest absolute Gasteiger partial charge is 0.370 e. The smallest absolute Gasteiger partial charge is 0.126 e. The molecule has 0 saturated carbocycles. The van der Waals surface area contributed by atoms with Gasteiger partial charge in [0.15, 0.2) is 0 Å². The van der Waals surface area contributed by atoms with Crippen molar-refractivity contribution in [3.63, 3.8) is 0 Å². The molecule has 1 aromatic carbocycles. The first kappa shape index (κ1) is 13.3. The first-order valence-corrected chi connectivity index (χ1v) is 6.83. The summed E-state index contributed by atoms with van der Waals surface area (Å²) >= 11 is 0. The molecule has 2 nitrogen and oxygen atoms in total. The second-order valence-electron chi connectivity index (χ2n) is 5.54. The van der Waals surface area contributed by atoms with Crippen molar-refractivity contribution < 1.29 is 4.39 Å². The number of piperidine rings is 1. The predicted octanol–water partition coefficient (Wildman–Crippen LogP) is 3.10. The summed E-state index contributed by atoms with van der Waals surface area (Å²) in [6, 6.07) is 6.48. The van der Waals surface area contributed by atoms with Crippen LogP contribution in [0.5, 0.6) is 0 Å². The third kappa shape index (κ3) is 3.22. The van der Waals surface area contributed by atoms with E-state index < -0.39 is 0 Å². The Morgan fingerprint density at radius 2 is 2.17 bits per heavy atom. The molecule has 1 aliphatic rings. The summed E-state index contributed by atoms with van der Waals surface area (Å²) in [5.74, 6) is -0.118. The lowest BCUT2D eigenvalue weighted by molar-refractivity contribution is 0.394. The number of anilines is 1. The number of halogens is 1. The van der Waals surface area contributed by atoms with Gasteiger partial charge in [0.2, 0.25) is 0 Å². The standard InChI is InChI=1S/C15H23FN2/c1-11(2)17-13-5-4-8-18(10-13)14-6-7-15(16)12(3)9-14/h6-7,9,11,13,17H,4-5,8,10H2,1-3H3. The maximum Gasteiger partial charge on any atom is 0.126 e. The Balaban J connectivity index is 2.05. The summed E-state index contributed by atoms with van der Waals surface area (Å²) in [4.78, 5) is 2.36. The molecule has 1 saturated heterocycles. The molecule has 1 aromatic rings. The molecule has 1 fully saturated rings. The number of nitrogens with one attached hydrogen (secondary N) is 1. The Labute approximate surface area is 109 Å². The van der Waals surface area contributed by atoms with Crippen LogP contribution in [0, 0.1) is 12.7 Å². The molecule has 0 radical (unpaired) electrons. The molecular formula is C15H23FN2. The molecule has 0 aliphatic carbocycles. The van der Waals surface area contributed by atoms with Gasteiger partial charge in [0.05, 0.1) is 0 Å². The predicted molar refractivity (Wildman–Crippen MR) is 74.6 cm³/mol. The van der Waals surface area contributed by atoms with Crippen LogP contribution in [-0.4, -0.2) is 25.2 Å². The lowest BCUT2D eigenvalue weighted by Gasteiger charge is -2.36. The fourth-order valence-corrected chi connectivity index (χ4v) is 2.64. The van der Waals surface area contributed by atoms with Gasteiger partial charge < -0.3 is 10.2 Å². The molecular weight excluding hydrogens is 227 g/mol. The van der Waals surface area contributed by atoms with Gasteiger partial charge in [0, 0.05) is 30.9 Å². The van der Waals surface area contributed by atoms with E-state index in [4.69, 9.17) is 0 Å². The third-order valence-corrected chi connectivity index (χ3v) is 3.50. The van der Waals surface area contributed by atoms with Crippen LogP contribution in [0.4, 0.5) is 10.1 Å². The summed E-state index contributed by atoms with van der Waals surface area (Å²) in [7, 11) is 0. The maximum absolute atomic E-state index is 13.3. The third-order valence-electron chi connectivity index (χ3n) is 3.50. The van der Waals surface area contributed by atoms with Gasteiger partial charge >= 0.3 is 0 Å². The molecule has 0 spiro atoms. The number of hydrogen-bond donors (Lipinski definition) is 1. The van der Waals surface area contributed by atoms with E-state index in [1.54, 1.807) is 6.07 Å². The molecule has 1 N–H and O–H groups in total. The van der Waals surface area contributed by atoms with Crippen LogP contribution in [0.3, 0.4) is 0 Å². The number of hydrogen-bond acceptors (Lipinski definition) is 2. The topological polar surface area (TPSA) is 15.3 Å². The van der Waals surface area contributed by atoms with Gasteiger partial charge in [-0.1, -0.05) is 13.8 Å². The molecule has 0 amide bonds. The molecule has 1 atom stereocenters. The van der Waals surface area contributed by atoms with Crippen LogP contribution in [0.15, 0.2) is 18.2 Å². The van der Waals surface area contributed by atoms with Gasteiger partial charge in [0.1, 0.15) is 5.82 Å². The Hall–Kier alpha value is -1.09. The van der Waals surface area contributed by atoms with Crippen LogP contribution in [0.1, 0.15) is 32.3 Å². The van der Waals surface area contributed by atoms with Crippen molar-refractivity contribution in [2.75, 3.05) is 18.0 Å². The maximum atomic E-state index is 13.3. The monoisotopic (exact) mass is 250 g/mol. The van der Waals surface area contributed by atoms with Crippen molar-refractivity contribution in [2.45, 2.75) is 45.7 Å². The molecule has 3 heteroatoms. The first-order chi connectivity index (χ1) is 8.56. The normalized spacial score (nSPS) is 20.5. The minimum absolute atomic E-state index is 0.118. The lowest BCUT2D eigenvalue weighted by atomic mass is 10.0. The molecule has 18 heavy (non-hydrogen) atoms. The van der Waals surface area contributed by atoms with Crippen molar-refractivity contribution in [3.05, 3.63) is 29.6 Å². The van der Waals surface area contributed by atoms with Crippen molar-refractivity contribution in [1.82, 2.24) is 5.32 Å². The van der Waals surface area contributed by atoms with E-state index in [1.165, 1.54) is 12.8 Å². The quantitative estimate of drug-likeness (QED) is 0.886. The lowest BCUT2D eigenvalue weighted by Crippen LogP contribution is -2.47. The highest BCUT2D eigenvalue weighted by atomic mass is 19.1. The van der Waals surface area contributed by atoms with E-state index in [0.717, 1.165) is 24.3 Å². The molecule has 100 valence electrons. The minimum atomic E-state index is -0.118. The molecule has 0 bridgehead atoms. The minimum Gasteiger partial charge on any atom is -0.370 e. The molecule has 1 unspecified atom stereocenters. The van der Waals surface area contributed by atoms with Crippen LogP contribution in [0.25, 0.3) is 0 Å². The fourth-order valence-electron chi connectivity index (χ4n) is 2.64. The zero-order valence-corrected chi connectivity index (χ0v) is 11.5. The summed E-state index contributed by atoms with van der Waals surface area (Å²) < 4.78 is 13.3. The average Bonchev–Trinajstić information content (AvgIpc) is 2.32. The van der Waals surface area contributed by atoms with Crippen LogP contribution in [-0.2, 0) is 0 Å². The number of benzene rings is 1. The van der Waals surface area contributed by atoms with E-state index in [0.29, 0.717) is 12.1 Å². The SMILES string of the molecule is Cc1cc(N2CCCC(NC(C)C)C2)ccc1F.